The van der Waals surface area contributed by atoms with Crippen LogP contribution in [0.3, 0.4) is 0 Å². The van der Waals surface area contributed by atoms with Gasteiger partial charge in [0.15, 0.2) is 0 Å². The number of ether oxygens (including phenoxy) is 1. The summed E-state index contributed by atoms with van der Waals surface area (Å²) in [6.07, 6.45) is 13.8. The van der Waals surface area contributed by atoms with Gasteiger partial charge in [-0.3, -0.25) is 14.6 Å². The van der Waals surface area contributed by atoms with Gasteiger partial charge in [-0.15, -0.1) is 0 Å². The first-order valence-corrected chi connectivity index (χ1v) is 21.2. The molecule has 0 bridgehead atoms. The summed E-state index contributed by atoms with van der Waals surface area (Å²) in [5.74, 6) is 0.733. The Morgan fingerprint density at radius 3 is 2.57 bits per heavy atom. The fourth-order valence-electron chi connectivity index (χ4n) is 8.44. The molecule has 3 amide bonds. The number of anilines is 4. The molecule has 0 spiro atoms. The SMILES string of the molecule is C=C1CCN(c2ccc(N3CCN(C4CCN(C(=O)CCc5ccc(Nc6ncc7c(n6)C=C(c6cnc(OCCC)c(C)c6C)C=CC7)cc5F)C4)CC3)cc2)C(=O)N1. The van der Waals surface area contributed by atoms with Gasteiger partial charge >= 0.3 is 6.03 Å². The summed E-state index contributed by atoms with van der Waals surface area (Å²) < 4.78 is 21.3. The van der Waals surface area contributed by atoms with Gasteiger partial charge in [0.1, 0.15) is 5.82 Å². The third-order valence-corrected chi connectivity index (χ3v) is 12.1. The predicted molar refractivity (Wildman–Crippen MR) is 235 cm³/mol. The van der Waals surface area contributed by atoms with Crippen LogP contribution in [0.15, 0.2) is 79.3 Å². The minimum absolute atomic E-state index is 0.0618. The maximum atomic E-state index is 15.4. The third-order valence-electron chi connectivity index (χ3n) is 12.1. The van der Waals surface area contributed by atoms with E-state index in [0.717, 1.165) is 103 Å². The number of pyridine rings is 1. The molecule has 3 saturated heterocycles. The molecule has 2 aromatic carbocycles. The topological polar surface area (TPSA) is 119 Å². The summed E-state index contributed by atoms with van der Waals surface area (Å²) >= 11 is 0. The molecule has 2 N–H and O–H groups in total. The van der Waals surface area contributed by atoms with Gasteiger partial charge in [-0.25, -0.2) is 24.1 Å². The summed E-state index contributed by atoms with van der Waals surface area (Å²) in [5.41, 5.74) is 9.75. The molecule has 1 aliphatic carbocycles. The fourth-order valence-corrected chi connectivity index (χ4v) is 8.44. The number of likely N-dealkylation sites (tertiary alicyclic amines) is 1. The molecule has 1 atom stereocenters. The van der Waals surface area contributed by atoms with Crippen molar-refractivity contribution in [3.8, 4) is 5.88 Å². The van der Waals surface area contributed by atoms with E-state index >= 15 is 4.39 Å². The molecule has 0 radical (unpaired) electrons. The number of hydrogen-bond acceptors (Lipinski definition) is 9. The van der Waals surface area contributed by atoms with Gasteiger partial charge in [-0.2, -0.15) is 0 Å². The number of carbonyl (C=O) groups is 2. The number of hydrogen-bond donors (Lipinski definition) is 2. The van der Waals surface area contributed by atoms with E-state index < -0.39 is 0 Å². The number of halogens is 1. The van der Waals surface area contributed by atoms with Gasteiger partial charge in [-0.1, -0.05) is 31.7 Å². The zero-order chi connectivity index (χ0) is 41.8. The molecule has 8 rings (SSSR count). The zero-order valence-electron chi connectivity index (χ0n) is 34.8. The smallest absolute Gasteiger partial charge is 0.326 e. The second-order valence-electron chi connectivity index (χ2n) is 16.1. The Kier molecular flexibility index (Phi) is 12.2. The number of amides is 3. The van der Waals surface area contributed by atoms with E-state index in [9.17, 15) is 9.59 Å². The minimum Gasteiger partial charge on any atom is -0.477 e. The summed E-state index contributed by atoms with van der Waals surface area (Å²) in [7, 11) is 0. The van der Waals surface area contributed by atoms with E-state index in [0.29, 0.717) is 61.7 Å². The molecule has 12 nitrogen and oxygen atoms in total. The number of nitrogens with one attached hydrogen (secondary N) is 2. The third kappa shape index (κ3) is 9.06. The monoisotopic (exact) mass is 811 g/mol. The average Bonchev–Trinajstić information content (AvgIpc) is 3.66. The summed E-state index contributed by atoms with van der Waals surface area (Å²) in [6.45, 7) is 16.4. The lowest BCUT2D eigenvalue weighted by Crippen LogP contribution is -2.51. The lowest BCUT2D eigenvalue weighted by Gasteiger charge is -2.39. The molecule has 3 fully saturated rings. The molecular formula is C47H54FN9O3. The van der Waals surface area contributed by atoms with Gasteiger partial charge in [0.05, 0.1) is 12.3 Å². The molecule has 2 aromatic heterocycles. The lowest BCUT2D eigenvalue weighted by atomic mass is 9.98. The first-order valence-electron chi connectivity index (χ1n) is 21.2. The van der Waals surface area contributed by atoms with Gasteiger partial charge in [-0.05, 0) is 98.7 Å². The summed E-state index contributed by atoms with van der Waals surface area (Å²) in [4.78, 5) is 48.2. The van der Waals surface area contributed by atoms with E-state index in [-0.39, 0.29) is 24.2 Å². The largest absolute Gasteiger partial charge is 0.477 e. The van der Waals surface area contributed by atoms with Crippen LogP contribution in [0.2, 0.25) is 0 Å². The van der Waals surface area contributed by atoms with E-state index in [4.69, 9.17) is 9.72 Å². The van der Waals surface area contributed by atoms with Crippen molar-refractivity contribution >= 4 is 46.6 Å². The van der Waals surface area contributed by atoms with Crippen LogP contribution in [-0.2, 0) is 17.6 Å². The molecule has 60 heavy (non-hydrogen) atoms. The quantitative estimate of drug-likeness (QED) is 0.149. The molecule has 13 heteroatoms. The number of aromatic nitrogens is 3. The van der Waals surface area contributed by atoms with Crippen LogP contribution in [0.4, 0.5) is 32.2 Å². The summed E-state index contributed by atoms with van der Waals surface area (Å²) in [6, 6.07) is 13.4. The maximum Gasteiger partial charge on any atom is 0.326 e. The highest BCUT2D eigenvalue weighted by atomic mass is 19.1. The van der Waals surface area contributed by atoms with Crippen LogP contribution < -0.4 is 25.2 Å². The van der Waals surface area contributed by atoms with Crippen LogP contribution in [0.5, 0.6) is 5.88 Å². The number of benzene rings is 2. The van der Waals surface area contributed by atoms with Crippen molar-refractivity contribution in [2.75, 3.05) is 67.5 Å². The number of urea groups is 1. The van der Waals surface area contributed by atoms with Gasteiger partial charge in [0.2, 0.25) is 17.7 Å². The molecule has 3 aliphatic heterocycles. The zero-order valence-corrected chi connectivity index (χ0v) is 34.8. The van der Waals surface area contributed by atoms with Crippen LogP contribution >= 0.6 is 0 Å². The van der Waals surface area contributed by atoms with E-state index in [1.165, 1.54) is 6.07 Å². The van der Waals surface area contributed by atoms with Crippen molar-refractivity contribution in [3.63, 3.8) is 0 Å². The standard InChI is InChI=1S/C47H54FN9O3/c1-5-25-60-45-33(4)32(3)41(29-49-45)35-7-6-8-36-28-50-46(53-43(36)26-35)52-37-11-9-34(42(48)27-37)10-16-44(58)56-19-18-40(30-56)55-23-21-54(22-24-55)38-12-14-39(15-13-38)57-20-17-31(2)51-47(57)59/h6-7,9,11-15,26-29,40H,2,5,8,10,16-25,30H2,1,3-4H3,(H,51,59)(H,50,52,53). The second kappa shape index (κ2) is 18.0. The van der Waals surface area contributed by atoms with Gasteiger partial charge < -0.3 is 25.2 Å². The Hall–Kier alpha value is -6.08. The van der Waals surface area contributed by atoms with Crippen molar-refractivity contribution < 1.29 is 18.7 Å². The van der Waals surface area contributed by atoms with Gasteiger partial charge in [0.25, 0.3) is 0 Å². The van der Waals surface area contributed by atoms with Crippen LogP contribution in [0.1, 0.15) is 66.1 Å². The van der Waals surface area contributed by atoms with Crippen LogP contribution in [-0.4, -0.2) is 95.2 Å². The normalized spacial score (nSPS) is 18.2. The number of piperazine rings is 1. The predicted octanol–water partition coefficient (Wildman–Crippen LogP) is 7.60. The van der Waals surface area contributed by atoms with Crippen molar-refractivity contribution in [3.05, 3.63) is 119 Å². The number of allylic oxidation sites excluding steroid dienone is 3. The molecule has 4 aliphatic rings. The Morgan fingerprint density at radius 2 is 1.80 bits per heavy atom. The lowest BCUT2D eigenvalue weighted by molar-refractivity contribution is -0.130. The number of carbonyl (C=O) groups excluding carboxylic acids is 2. The molecular weight excluding hydrogens is 758 g/mol. The highest BCUT2D eigenvalue weighted by Gasteiger charge is 2.32. The summed E-state index contributed by atoms with van der Waals surface area (Å²) in [5, 5.41) is 5.99. The Balaban J connectivity index is 0.815. The van der Waals surface area contributed by atoms with Crippen LogP contribution in [0.25, 0.3) is 11.6 Å². The Morgan fingerprint density at radius 1 is 1.00 bits per heavy atom. The Bertz CT molecular complexity index is 2320. The number of fused-ring (bicyclic) bond motifs is 1. The molecule has 312 valence electrons. The van der Waals surface area contributed by atoms with Crippen molar-refractivity contribution in [1.82, 2.24) is 30.1 Å². The van der Waals surface area contributed by atoms with E-state index in [2.05, 4.69) is 75.1 Å². The fraction of sp³-hybridized carbons (Fsp3) is 0.383. The van der Waals surface area contributed by atoms with E-state index in [1.54, 1.807) is 11.0 Å². The highest BCUT2D eigenvalue weighted by Crippen LogP contribution is 2.32. The number of aryl methyl sites for hydroxylation is 1. The Labute approximate surface area is 351 Å². The maximum absolute atomic E-state index is 15.4. The second-order valence-corrected chi connectivity index (χ2v) is 16.1. The van der Waals surface area contributed by atoms with Crippen molar-refractivity contribution in [2.24, 2.45) is 0 Å². The molecule has 4 aromatic rings. The van der Waals surface area contributed by atoms with E-state index in [1.807, 2.05) is 48.5 Å². The van der Waals surface area contributed by atoms with Crippen molar-refractivity contribution in [2.45, 2.75) is 65.3 Å². The average molecular weight is 812 g/mol. The first kappa shape index (κ1) is 40.7. The van der Waals surface area contributed by atoms with Crippen molar-refractivity contribution in [1.29, 1.82) is 0 Å². The number of nitrogens with zero attached hydrogens (tertiary/aromatic N) is 7. The molecule has 1 unspecified atom stereocenters. The first-order chi connectivity index (χ1) is 29.1. The number of rotatable bonds is 12. The minimum atomic E-state index is -0.367. The highest BCUT2D eigenvalue weighted by molar-refractivity contribution is 5.94. The van der Waals surface area contributed by atoms with Crippen LogP contribution in [0, 0.1) is 19.7 Å². The van der Waals surface area contributed by atoms with Gasteiger partial charge in [0, 0.05) is 117 Å². The molecule has 0 saturated carbocycles. The molecule has 5 heterocycles.